The molecule has 0 fully saturated rings. The van der Waals surface area contributed by atoms with Gasteiger partial charge in [-0.3, -0.25) is 14.4 Å². The van der Waals surface area contributed by atoms with Gasteiger partial charge >= 0.3 is 0 Å². The van der Waals surface area contributed by atoms with Crippen LogP contribution in [0.15, 0.2) is 57.8 Å². The van der Waals surface area contributed by atoms with Crippen molar-refractivity contribution in [2.75, 3.05) is 6.61 Å². The third-order valence-electron chi connectivity index (χ3n) is 7.00. The van der Waals surface area contributed by atoms with Gasteiger partial charge in [0.15, 0.2) is 5.78 Å². The van der Waals surface area contributed by atoms with E-state index in [9.17, 15) is 14.4 Å². The van der Waals surface area contributed by atoms with Gasteiger partial charge in [0.1, 0.15) is 12.4 Å². The molecule has 40 heavy (non-hydrogen) atoms. The lowest BCUT2D eigenvalue weighted by molar-refractivity contribution is -0.118. The Balaban J connectivity index is 1.60. The second-order valence-electron chi connectivity index (χ2n) is 10.3. The van der Waals surface area contributed by atoms with Crippen molar-refractivity contribution in [3.63, 3.8) is 0 Å². The molecule has 10 heteroatoms. The number of aromatic nitrogens is 4. The Morgan fingerprint density at radius 1 is 1.07 bits per heavy atom. The summed E-state index contributed by atoms with van der Waals surface area (Å²) >= 11 is 3.50. The molecular weight excluding hydrogens is 574 g/mol. The van der Waals surface area contributed by atoms with E-state index < -0.39 is 0 Å². The van der Waals surface area contributed by atoms with Gasteiger partial charge < -0.3 is 9.64 Å². The molecule has 2 aromatic carbocycles. The molecule has 0 saturated heterocycles. The maximum Gasteiger partial charge on any atom is 0.263 e. The number of benzene rings is 2. The molecule has 9 nitrogen and oxygen atoms in total. The van der Waals surface area contributed by atoms with Gasteiger partial charge in [-0.15, -0.1) is 0 Å². The second kappa shape index (κ2) is 10.8. The Labute approximate surface area is 240 Å². The van der Waals surface area contributed by atoms with Crippen molar-refractivity contribution >= 4 is 27.6 Å². The zero-order chi connectivity index (χ0) is 28.7. The third kappa shape index (κ3) is 5.23. The number of amides is 1. The molecule has 1 aliphatic heterocycles. The monoisotopic (exact) mass is 603 g/mol. The van der Waals surface area contributed by atoms with Crippen LogP contribution in [-0.4, -0.2) is 48.6 Å². The number of fused-ring (bicyclic) bond motifs is 1. The smallest absolute Gasteiger partial charge is 0.263 e. The SMILES string of the molecule is CC(=O)COc1ccc(-n2c(-n3nc(C)cc3C)nc3c(c2=O)CC(C)N(C(=O)c2ccc(Br)c(C)c2)C3)cc1. The zero-order valence-electron chi connectivity index (χ0n) is 23.1. The van der Waals surface area contributed by atoms with E-state index in [-0.39, 0.29) is 36.4 Å². The van der Waals surface area contributed by atoms with Crippen molar-refractivity contribution in [2.45, 2.75) is 53.6 Å². The standard InChI is InChI=1S/C30H30BrN5O4/c1-17-12-22(6-11-26(17)31)28(38)34-15-27-25(14-19(34)3)29(39)35(30(32-27)36-20(4)13-18(2)33-36)23-7-9-24(10-8-23)40-16-21(5)37/h6-13,19H,14-16H2,1-5H3. The van der Waals surface area contributed by atoms with Crippen LogP contribution in [0.2, 0.25) is 0 Å². The number of Topliss-reactive ketones (excluding diaryl/α,β-unsaturated/α-hetero) is 1. The minimum atomic E-state index is -0.205. The highest BCUT2D eigenvalue weighted by atomic mass is 79.9. The normalized spacial score (nSPS) is 14.7. The van der Waals surface area contributed by atoms with Crippen LogP contribution in [0.1, 0.15) is 52.4 Å². The summed E-state index contributed by atoms with van der Waals surface area (Å²) in [7, 11) is 0. The fourth-order valence-corrected chi connectivity index (χ4v) is 5.19. The van der Waals surface area contributed by atoms with E-state index in [1.807, 2.05) is 45.9 Å². The lowest BCUT2D eigenvalue weighted by Crippen LogP contribution is -2.46. The summed E-state index contributed by atoms with van der Waals surface area (Å²) < 4.78 is 9.65. The molecule has 1 aliphatic rings. The molecule has 0 aliphatic carbocycles. The lowest BCUT2D eigenvalue weighted by Gasteiger charge is -2.34. The van der Waals surface area contributed by atoms with Crippen molar-refractivity contribution in [3.05, 3.63) is 97.1 Å². The van der Waals surface area contributed by atoms with Gasteiger partial charge in [-0.25, -0.2) is 14.2 Å². The van der Waals surface area contributed by atoms with Crippen LogP contribution in [0, 0.1) is 20.8 Å². The topological polar surface area (TPSA) is 99.3 Å². The molecule has 2 aromatic heterocycles. The molecule has 1 atom stereocenters. The highest BCUT2D eigenvalue weighted by Gasteiger charge is 2.32. The highest BCUT2D eigenvalue weighted by Crippen LogP contribution is 2.26. The van der Waals surface area contributed by atoms with Crippen LogP contribution in [0.4, 0.5) is 0 Å². The first-order valence-corrected chi connectivity index (χ1v) is 13.8. The van der Waals surface area contributed by atoms with Crippen LogP contribution in [0.3, 0.4) is 0 Å². The molecular formula is C30H30BrN5O4. The van der Waals surface area contributed by atoms with Gasteiger partial charge in [0, 0.05) is 27.3 Å². The van der Waals surface area contributed by atoms with Crippen LogP contribution in [0.5, 0.6) is 5.75 Å². The van der Waals surface area contributed by atoms with E-state index >= 15 is 0 Å². The number of nitrogens with zero attached hydrogens (tertiary/aromatic N) is 5. The van der Waals surface area contributed by atoms with E-state index in [4.69, 9.17) is 9.72 Å². The van der Waals surface area contributed by atoms with Gasteiger partial charge in [-0.05, 0) is 95.1 Å². The first-order chi connectivity index (χ1) is 19.0. The van der Waals surface area contributed by atoms with Crippen molar-refractivity contribution < 1.29 is 14.3 Å². The molecule has 0 N–H and O–H groups in total. The van der Waals surface area contributed by atoms with Gasteiger partial charge in [0.25, 0.3) is 11.5 Å². The fraction of sp³-hybridized carbons (Fsp3) is 0.300. The molecule has 206 valence electrons. The van der Waals surface area contributed by atoms with E-state index in [2.05, 4.69) is 21.0 Å². The number of hydrogen-bond donors (Lipinski definition) is 0. The van der Waals surface area contributed by atoms with Crippen molar-refractivity contribution in [1.82, 2.24) is 24.2 Å². The summed E-state index contributed by atoms with van der Waals surface area (Å²) in [6, 6.07) is 14.2. The molecule has 1 amide bonds. The van der Waals surface area contributed by atoms with Gasteiger partial charge in [0.2, 0.25) is 5.95 Å². The quantitative estimate of drug-likeness (QED) is 0.318. The minimum Gasteiger partial charge on any atom is -0.486 e. The number of hydrogen-bond acceptors (Lipinski definition) is 6. The highest BCUT2D eigenvalue weighted by molar-refractivity contribution is 9.10. The Morgan fingerprint density at radius 2 is 1.80 bits per heavy atom. The molecule has 0 radical (unpaired) electrons. The molecule has 4 aromatic rings. The lowest BCUT2D eigenvalue weighted by atomic mass is 9.98. The van der Waals surface area contributed by atoms with Crippen LogP contribution in [-0.2, 0) is 17.8 Å². The van der Waals surface area contributed by atoms with E-state index in [1.165, 1.54) is 6.92 Å². The van der Waals surface area contributed by atoms with Crippen LogP contribution in [0.25, 0.3) is 11.6 Å². The van der Waals surface area contributed by atoms with Crippen molar-refractivity contribution in [3.8, 4) is 17.4 Å². The summed E-state index contributed by atoms with van der Waals surface area (Å²) in [5.74, 6) is 0.682. The van der Waals surface area contributed by atoms with Crippen molar-refractivity contribution in [1.29, 1.82) is 0 Å². The fourth-order valence-electron chi connectivity index (χ4n) is 4.94. The summed E-state index contributed by atoms with van der Waals surface area (Å²) in [5.41, 5.74) is 4.70. The largest absolute Gasteiger partial charge is 0.486 e. The number of ketones is 1. The molecule has 0 spiro atoms. The first-order valence-electron chi connectivity index (χ1n) is 13.0. The first kappa shape index (κ1) is 27.5. The second-order valence-corrected chi connectivity index (χ2v) is 11.1. The number of aryl methyl sites for hydroxylation is 3. The average molecular weight is 605 g/mol. The molecule has 3 heterocycles. The van der Waals surface area contributed by atoms with Crippen LogP contribution >= 0.6 is 15.9 Å². The maximum atomic E-state index is 14.1. The zero-order valence-corrected chi connectivity index (χ0v) is 24.7. The third-order valence-corrected chi connectivity index (χ3v) is 7.89. The Morgan fingerprint density at radius 3 is 2.42 bits per heavy atom. The van der Waals surface area contributed by atoms with E-state index in [0.29, 0.717) is 40.6 Å². The Kier molecular flexibility index (Phi) is 7.46. The van der Waals surface area contributed by atoms with E-state index in [0.717, 1.165) is 21.4 Å². The number of carbonyl (C=O) groups excluding carboxylic acids is 2. The number of carbonyl (C=O) groups is 2. The Bertz CT molecular complexity index is 1690. The van der Waals surface area contributed by atoms with Crippen LogP contribution < -0.4 is 10.3 Å². The minimum absolute atomic E-state index is 0.0242. The molecule has 1 unspecified atom stereocenters. The Hall–Kier alpha value is -4.05. The molecule has 0 saturated carbocycles. The number of rotatable bonds is 6. The maximum absolute atomic E-state index is 14.1. The van der Waals surface area contributed by atoms with Gasteiger partial charge in [-0.2, -0.15) is 5.10 Å². The summed E-state index contributed by atoms with van der Waals surface area (Å²) in [5, 5.41) is 4.60. The summed E-state index contributed by atoms with van der Waals surface area (Å²) in [6.45, 7) is 9.34. The predicted molar refractivity (Wildman–Crippen MR) is 155 cm³/mol. The van der Waals surface area contributed by atoms with E-state index in [1.54, 1.807) is 44.5 Å². The van der Waals surface area contributed by atoms with Gasteiger partial charge in [-0.1, -0.05) is 15.9 Å². The van der Waals surface area contributed by atoms with Gasteiger partial charge in [0.05, 0.1) is 23.6 Å². The van der Waals surface area contributed by atoms with Crippen molar-refractivity contribution in [2.24, 2.45) is 0 Å². The number of ether oxygens (including phenoxy) is 1. The average Bonchev–Trinajstić information content (AvgIpc) is 3.26. The molecule has 0 bridgehead atoms. The summed E-state index contributed by atoms with van der Waals surface area (Å²) in [6.07, 6.45) is 0.375. The number of halogens is 1. The molecule has 5 rings (SSSR count). The predicted octanol–water partition coefficient (Wildman–Crippen LogP) is 4.66. The summed E-state index contributed by atoms with van der Waals surface area (Å²) in [4.78, 5) is 45.7.